The van der Waals surface area contributed by atoms with Gasteiger partial charge in [0.15, 0.2) is 6.20 Å². The number of aromatic nitrogens is 1. The molecule has 3 rings (SSSR count). The lowest BCUT2D eigenvalue weighted by Gasteiger charge is -2.18. The Morgan fingerprint density at radius 2 is 1.46 bits per heavy atom. The molecule has 0 atom stereocenters. The van der Waals surface area contributed by atoms with Crippen molar-refractivity contribution in [3.05, 3.63) is 77.5 Å². The standard InChI is InChI=1S/C25H30N/c1-18-14-19(2)23(16-22(18)21-10-8-7-9-11-21)24-15-20(12-13-26(24)6)17-25(3,4)5/h7-16H,17H2,1-6H3/q+1. The molecule has 0 saturated carbocycles. The summed E-state index contributed by atoms with van der Waals surface area (Å²) in [4.78, 5) is 0. The van der Waals surface area contributed by atoms with Crippen LogP contribution in [0.25, 0.3) is 22.4 Å². The van der Waals surface area contributed by atoms with Crippen molar-refractivity contribution in [2.45, 2.75) is 41.0 Å². The molecular formula is C25H30N+. The van der Waals surface area contributed by atoms with Crippen molar-refractivity contribution < 1.29 is 4.57 Å². The van der Waals surface area contributed by atoms with Gasteiger partial charge in [0.2, 0.25) is 5.69 Å². The lowest BCUT2D eigenvalue weighted by atomic mass is 9.87. The van der Waals surface area contributed by atoms with Gasteiger partial charge in [-0.3, -0.25) is 0 Å². The van der Waals surface area contributed by atoms with Gasteiger partial charge in [-0.15, -0.1) is 0 Å². The van der Waals surface area contributed by atoms with Crippen LogP contribution in [0.3, 0.4) is 0 Å². The van der Waals surface area contributed by atoms with Crippen molar-refractivity contribution in [1.82, 2.24) is 0 Å². The van der Waals surface area contributed by atoms with Crippen molar-refractivity contribution >= 4 is 0 Å². The van der Waals surface area contributed by atoms with E-state index >= 15 is 0 Å². The fourth-order valence-corrected chi connectivity index (χ4v) is 3.66. The Hall–Kier alpha value is -2.41. The van der Waals surface area contributed by atoms with Gasteiger partial charge in [-0.1, -0.05) is 57.2 Å². The summed E-state index contributed by atoms with van der Waals surface area (Å²) >= 11 is 0. The van der Waals surface area contributed by atoms with Gasteiger partial charge in [0.05, 0.1) is 0 Å². The first-order chi connectivity index (χ1) is 12.2. The first-order valence-corrected chi connectivity index (χ1v) is 9.40. The van der Waals surface area contributed by atoms with Gasteiger partial charge < -0.3 is 0 Å². The number of aryl methyl sites for hydroxylation is 3. The molecule has 0 aliphatic rings. The molecule has 0 unspecified atom stereocenters. The second kappa shape index (κ2) is 7.07. The SMILES string of the molecule is Cc1cc(C)c(-c2cc(CC(C)(C)C)cc[n+]2C)cc1-c1ccccc1. The molecule has 1 aromatic heterocycles. The molecule has 0 N–H and O–H groups in total. The van der Waals surface area contributed by atoms with E-state index in [1.165, 1.54) is 39.1 Å². The van der Waals surface area contributed by atoms with E-state index in [-0.39, 0.29) is 5.41 Å². The zero-order valence-electron chi connectivity index (χ0n) is 16.9. The second-order valence-corrected chi connectivity index (χ2v) is 8.62. The summed E-state index contributed by atoms with van der Waals surface area (Å²) in [7, 11) is 2.14. The fourth-order valence-electron chi connectivity index (χ4n) is 3.66. The molecule has 2 aromatic carbocycles. The lowest BCUT2D eigenvalue weighted by Crippen LogP contribution is -2.31. The maximum Gasteiger partial charge on any atom is 0.212 e. The van der Waals surface area contributed by atoms with Crippen LogP contribution >= 0.6 is 0 Å². The van der Waals surface area contributed by atoms with Crippen molar-refractivity contribution in [3.63, 3.8) is 0 Å². The lowest BCUT2D eigenvalue weighted by molar-refractivity contribution is -0.660. The van der Waals surface area contributed by atoms with E-state index in [0.717, 1.165) is 6.42 Å². The average Bonchev–Trinajstić information content (AvgIpc) is 2.57. The number of pyridine rings is 1. The van der Waals surface area contributed by atoms with Gasteiger partial charge in [-0.05, 0) is 59.6 Å². The third-order valence-corrected chi connectivity index (χ3v) is 4.88. The van der Waals surface area contributed by atoms with Crippen LogP contribution in [-0.2, 0) is 13.5 Å². The first-order valence-electron chi connectivity index (χ1n) is 9.40. The summed E-state index contributed by atoms with van der Waals surface area (Å²) in [6.45, 7) is 11.3. The number of benzene rings is 2. The van der Waals surface area contributed by atoms with E-state index < -0.39 is 0 Å². The zero-order chi connectivity index (χ0) is 18.9. The Balaban J connectivity index is 2.14. The number of rotatable bonds is 3. The largest absolute Gasteiger partial charge is 0.212 e. The topological polar surface area (TPSA) is 3.88 Å². The van der Waals surface area contributed by atoms with Gasteiger partial charge in [0.1, 0.15) is 7.05 Å². The molecule has 0 saturated heterocycles. The molecule has 1 heteroatoms. The summed E-state index contributed by atoms with van der Waals surface area (Å²) in [5.41, 5.74) is 9.51. The summed E-state index contributed by atoms with van der Waals surface area (Å²) in [6.07, 6.45) is 3.27. The van der Waals surface area contributed by atoms with E-state index in [0.29, 0.717) is 0 Å². The maximum atomic E-state index is 2.36. The van der Waals surface area contributed by atoms with Crippen LogP contribution in [0.1, 0.15) is 37.5 Å². The van der Waals surface area contributed by atoms with E-state index in [1.807, 2.05) is 0 Å². The summed E-state index contributed by atoms with van der Waals surface area (Å²) < 4.78 is 2.23. The zero-order valence-corrected chi connectivity index (χ0v) is 16.9. The summed E-state index contributed by atoms with van der Waals surface area (Å²) in [6, 6.07) is 20.0. The quantitative estimate of drug-likeness (QED) is 0.509. The molecule has 26 heavy (non-hydrogen) atoms. The van der Waals surface area contributed by atoms with Crippen LogP contribution in [0, 0.1) is 19.3 Å². The molecule has 1 nitrogen and oxygen atoms in total. The van der Waals surface area contributed by atoms with Crippen LogP contribution in [0.15, 0.2) is 60.8 Å². The Labute approximate surface area is 158 Å². The smallest absolute Gasteiger partial charge is 0.201 e. The Kier molecular flexibility index (Phi) is 5.00. The molecule has 0 amide bonds. The molecule has 0 aliphatic heterocycles. The third-order valence-electron chi connectivity index (χ3n) is 4.88. The van der Waals surface area contributed by atoms with Crippen LogP contribution in [0.2, 0.25) is 0 Å². The third kappa shape index (κ3) is 4.04. The summed E-state index contributed by atoms with van der Waals surface area (Å²) in [5, 5.41) is 0. The molecule has 0 aliphatic carbocycles. The molecule has 0 spiro atoms. The summed E-state index contributed by atoms with van der Waals surface area (Å²) in [5.74, 6) is 0. The molecule has 1 heterocycles. The second-order valence-electron chi connectivity index (χ2n) is 8.62. The highest BCUT2D eigenvalue weighted by molar-refractivity contribution is 5.75. The number of hydrogen-bond donors (Lipinski definition) is 0. The van der Waals surface area contributed by atoms with Gasteiger partial charge in [-0.2, -0.15) is 0 Å². The average molecular weight is 345 g/mol. The van der Waals surface area contributed by atoms with Crippen molar-refractivity contribution in [2.24, 2.45) is 12.5 Å². The van der Waals surface area contributed by atoms with Crippen LogP contribution in [0.5, 0.6) is 0 Å². The monoisotopic (exact) mass is 344 g/mol. The van der Waals surface area contributed by atoms with Gasteiger partial charge in [0, 0.05) is 17.7 Å². The van der Waals surface area contributed by atoms with Gasteiger partial charge in [-0.25, -0.2) is 4.57 Å². The van der Waals surface area contributed by atoms with Crippen molar-refractivity contribution in [2.75, 3.05) is 0 Å². The number of nitrogens with zero attached hydrogens (tertiary/aromatic N) is 1. The van der Waals surface area contributed by atoms with E-state index in [1.54, 1.807) is 0 Å². The minimum absolute atomic E-state index is 0.286. The molecule has 0 bridgehead atoms. The predicted molar refractivity (Wildman–Crippen MR) is 111 cm³/mol. The van der Waals surface area contributed by atoms with Crippen molar-refractivity contribution in [1.29, 1.82) is 0 Å². The Morgan fingerprint density at radius 3 is 2.12 bits per heavy atom. The van der Waals surface area contributed by atoms with Gasteiger partial charge in [0.25, 0.3) is 0 Å². The van der Waals surface area contributed by atoms with Gasteiger partial charge >= 0.3 is 0 Å². The molecule has 134 valence electrons. The molecule has 0 radical (unpaired) electrons. The highest BCUT2D eigenvalue weighted by atomic mass is 14.9. The fraction of sp³-hybridized carbons (Fsp3) is 0.320. The Bertz CT molecular complexity index is 915. The minimum Gasteiger partial charge on any atom is -0.201 e. The van der Waals surface area contributed by atoms with E-state index in [4.69, 9.17) is 0 Å². The Morgan fingerprint density at radius 1 is 0.808 bits per heavy atom. The number of hydrogen-bond acceptors (Lipinski definition) is 0. The minimum atomic E-state index is 0.286. The highest BCUT2D eigenvalue weighted by Crippen LogP contribution is 2.31. The molecule has 3 aromatic rings. The van der Waals surface area contributed by atoms with E-state index in [2.05, 4.69) is 107 Å². The molecular weight excluding hydrogens is 314 g/mol. The molecule has 0 fully saturated rings. The van der Waals surface area contributed by atoms with Crippen LogP contribution < -0.4 is 4.57 Å². The van der Waals surface area contributed by atoms with Crippen LogP contribution in [-0.4, -0.2) is 0 Å². The first kappa shape index (κ1) is 18.4. The highest BCUT2D eigenvalue weighted by Gasteiger charge is 2.18. The maximum absolute atomic E-state index is 2.36. The van der Waals surface area contributed by atoms with Crippen LogP contribution in [0.4, 0.5) is 0 Å². The predicted octanol–water partition coefficient (Wildman–Crippen LogP) is 6.05. The van der Waals surface area contributed by atoms with Crippen molar-refractivity contribution in [3.8, 4) is 22.4 Å². The van der Waals surface area contributed by atoms with E-state index in [9.17, 15) is 0 Å². The normalized spacial score (nSPS) is 11.6.